The van der Waals surface area contributed by atoms with Crippen molar-refractivity contribution in [2.24, 2.45) is 11.1 Å². The van der Waals surface area contributed by atoms with Crippen molar-refractivity contribution in [3.05, 3.63) is 18.3 Å². The number of aromatic nitrogens is 1. The Kier molecular flexibility index (Phi) is 5.89. The highest BCUT2D eigenvalue weighted by atomic mass is 32.2. The minimum atomic E-state index is -3.71. The maximum Gasteiger partial charge on any atom is 0.407 e. The Morgan fingerprint density at radius 3 is 2.68 bits per heavy atom. The molecule has 0 aromatic carbocycles. The lowest BCUT2D eigenvalue weighted by molar-refractivity contribution is 0.117. The third-order valence-corrected chi connectivity index (χ3v) is 5.50. The zero-order valence-corrected chi connectivity index (χ0v) is 15.4. The molecule has 25 heavy (non-hydrogen) atoms. The third-order valence-electron chi connectivity index (χ3n) is 4.60. The summed E-state index contributed by atoms with van der Waals surface area (Å²) in [7, 11) is -3.71. The van der Waals surface area contributed by atoms with E-state index in [2.05, 4.69) is 10.3 Å². The van der Waals surface area contributed by atoms with Gasteiger partial charge in [-0.25, -0.2) is 23.3 Å². The third kappa shape index (κ3) is 5.30. The van der Waals surface area contributed by atoms with Crippen LogP contribution in [0.25, 0.3) is 0 Å². The minimum absolute atomic E-state index is 0.00937. The smallest absolute Gasteiger partial charge is 0.407 e. The molecule has 0 aliphatic carbocycles. The Balaban J connectivity index is 1.70. The van der Waals surface area contributed by atoms with Crippen LogP contribution < -0.4 is 10.5 Å². The quantitative estimate of drug-likeness (QED) is 0.631. The first-order valence-electron chi connectivity index (χ1n) is 8.33. The van der Waals surface area contributed by atoms with E-state index in [0.29, 0.717) is 18.3 Å². The van der Waals surface area contributed by atoms with Gasteiger partial charge in [-0.05, 0) is 51.2 Å². The van der Waals surface area contributed by atoms with Crippen LogP contribution in [0.1, 0.15) is 39.5 Å². The van der Waals surface area contributed by atoms with E-state index in [1.54, 1.807) is 6.07 Å². The number of unbranched alkanes of at least 4 members (excludes halogenated alkanes) is 1. The predicted molar refractivity (Wildman–Crippen MR) is 94.9 cm³/mol. The molecule has 1 amide bonds. The van der Waals surface area contributed by atoms with Gasteiger partial charge < -0.3 is 15.3 Å². The number of sulfonamides is 1. The number of rotatable bonds is 7. The highest BCUT2D eigenvalue weighted by molar-refractivity contribution is 7.89. The molecule has 9 heteroatoms. The topological polar surface area (TPSA) is 126 Å². The van der Waals surface area contributed by atoms with Crippen molar-refractivity contribution in [1.82, 2.24) is 9.88 Å². The number of pyridine rings is 1. The number of nitrogens with two attached hydrogens (primary N) is 1. The largest absolute Gasteiger partial charge is 0.465 e. The molecule has 1 fully saturated rings. The molecule has 4 N–H and O–H groups in total. The SMILES string of the molecule is CC1(C)CC(CCCCNc2ccc(S(N)(=O)=O)cn2)CN1C(=O)O. The maximum absolute atomic E-state index is 11.2. The van der Waals surface area contributed by atoms with Crippen molar-refractivity contribution < 1.29 is 18.3 Å². The van der Waals surface area contributed by atoms with Gasteiger partial charge in [-0.3, -0.25) is 0 Å². The Hall–Kier alpha value is -1.87. The summed E-state index contributed by atoms with van der Waals surface area (Å²) in [6.07, 6.45) is 4.21. The van der Waals surface area contributed by atoms with Crippen LogP contribution in [0.4, 0.5) is 10.6 Å². The van der Waals surface area contributed by atoms with E-state index < -0.39 is 16.1 Å². The first kappa shape index (κ1) is 19.5. The molecule has 2 heterocycles. The molecule has 8 nitrogen and oxygen atoms in total. The van der Waals surface area contributed by atoms with Crippen molar-refractivity contribution in [1.29, 1.82) is 0 Å². The number of amides is 1. The summed E-state index contributed by atoms with van der Waals surface area (Å²) in [5, 5.41) is 17.4. The molecule has 1 atom stereocenters. The number of nitrogens with zero attached hydrogens (tertiary/aromatic N) is 2. The van der Waals surface area contributed by atoms with Crippen LogP contribution in [0.2, 0.25) is 0 Å². The van der Waals surface area contributed by atoms with Gasteiger partial charge in [-0.1, -0.05) is 6.42 Å². The molecule has 1 saturated heterocycles. The van der Waals surface area contributed by atoms with Crippen molar-refractivity contribution in [2.75, 3.05) is 18.4 Å². The molecule has 2 rings (SSSR count). The van der Waals surface area contributed by atoms with Crippen molar-refractivity contribution >= 4 is 21.9 Å². The average Bonchev–Trinajstić information content (AvgIpc) is 2.81. The fourth-order valence-corrected chi connectivity index (χ4v) is 3.80. The highest BCUT2D eigenvalue weighted by Crippen LogP contribution is 2.35. The summed E-state index contributed by atoms with van der Waals surface area (Å²) in [5.74, 6) is 1.00. The van der Waals surface area contributed by atoms with Crippen LogP contribution in [-0.2, 0) is 10.0 Å². The summed E-state index contributed by atoms with van der Waals surface area (Å²) < 4.78 is 22.3. The van der Waals surface area contributed by atoms with Crippen LogP contribution in [0.5, 0.6) is 0 Å². The van der Waals surface area contributed by atoms with Gasteiger partial charge >= 0.3 is 6.09 Å². The molecule has 0 bridgehead atoms. The fraction of sp³-hybridized carbons (Fsp3) is 0.625. The van der Waals surface area contributed by atoms with Crippen molar-refractivity contribution in [2.45, 2.75) is 50.0 Å². The second-order valence-electron chi connectivity index (χ2n) is 7.12. The standard InChI is InChI=1S/C16H26N4O4S/c1-16(2)9-12(11-20(16)15(21)22)5-3-4-8-18-14-7-6-13(10-19-14)25(17,23)24/h6-7,10,12H,3-5,8-9,11H2,1-2H3,(H,18,19)(H,21,22)(H2,17,23,24). The highest BCUT2D eigenvalue weighted by Gasteiger charge is 2.40. The van der Waals surface area contributed by atoms with Crippen LogP contribution in [-0.4, -0.2) is 48.1 Å². The molecule has 1 aliphatic rings. The summed E-state index contributed by atoms with van der Waals surface area (Å²) >= 11 is 0. The van der Waals surface area contributed by atoms with Crippen LogP contribution >= 0.6 is 0 Å². The van der Waals surface area contributed by atoms with E-state index in [0.717, 1.165) is 32.2 Å². The van der Waals surface area contributed by atoms with E-state index in [-0.39, 0.29) is 10.4 Å². The van der Waals surface area contributed by atoms with E-state index in [1.165, 1.54) is 17.2 Å². The number of carboxylic acid groups (broad SMARTS) is 1. The lowest BCUT2D eigenvalue weighted by Gasteiger charge is -2.28. The number of nitrogens with one attached hydrogen (secondary N) is 1. The lowest BCUT2D eigenvalue weighted by atomic mass is 9.93. The van der Waals surface area contributed by atoms with Gasteiger partial charge in [0.15, 0.2) is 0 Å². The Labute approximate surface area is 148 Å². The van der Waals surface area contributed by atoms with E-state index in [4.69, 9.17) is 5.14 Å². The van der Waals surface area contributed by atoms with Gasteiger partial charge in [0, 0.05) is 24.8 Å². The molecule has 1 aromatic heterocycles. The minimum Gasteiger partial charge on any atom is -0.465 e. The van der Waals surface area contributed by atoms with Gasteiger partial charge in [0.2, 0.25) is 10.0 Å². The summed E-state index contributed by atoms with van der Waals surface area (Å²) in [4.78, 5) is 16.8. The van der Waals surface area contributed by atoms with Crippen LogP contribution in [0, 0.1) is 5.92 Å². The second-order valence-corrected chi connectivity index (χ2v) is 8.68. The van der Waals surface area contributed by atoms with Crippen LogP contribution in [0.15, 0.2) is 23.2 Å². The van der Waals surface area contributed by atoms with Gasteiger partial charge in [0.05, 0.1) is 0 Å². The summed E-state index contributed by atoms with van der Waals surface area (Å²) in [5.41, 5.74) is -0.288. The normalized spacial score (nSPS) is 19.8. The molecular weight excluding hydrogens is 344 g/mol. The Morgan fingerprint density at radius 1 is 1.44 bits per heavy atom. The molecular formula is C16H26N4O4S. The first-order valence-corrected chi connectivity index (χ1v) is 9.87. The van der Waals surface area contributed by atoms with Gasteiger partial charge in [0.25, 0.3) is 0 Å². The van der Waals surface area contributed by atoms with Gasteiger partial charge in [-0.2, -0.15) is 0 Å². The number of likely N-dealkylation sites (tertiary alicyclic amines) is 1. The van der Waals surface area contributed by atoms with Gasteiger partial charge in [0.1, 0.15) is 10.7 Å². The van der Waals surface area contributed by atoms with E-state index in [9.17, 15) is 18.3 Å². The molecule has 1 aromatic rings. The molecule has 0 saturated carbocycles. The van der Waals surface area contributed by atoms with Crippen molar-refractivity contribution in [3.8, 4) is 0 Å². The van der Waals surface area contributed by atoms with E-state index >= 15 is 0 Å². The lowest BCUT2D eigenvalue weighted by Crippen LogP contribution is -2.41. The summed E-state index contributed by atoms with van der Waals surface area (Å²) in [6, 6.07) is 3.01. The maximum atomic E-state index is 11.2. The average molecular weight is 370 g/mol. The molecule has 1 unspecified atom stereocenters. The molecule has 140 valence electrons. The number of carbonyl (C=O) groups is 1. The fourth-order valence-electron chi connectivity index (χ4n) is 3.34. The Bertz CT molecular complexity index is 703. The van der Waals surface area contributed by atoms with Crippen LogP contribution in [0.3, 0.4) is 0 Å². The second kappa shape index (κ2) is 7.57. The number of hydrogen-bond acceptors (Lipinski definition) is 5. The zero-order valence-electron chi connectivity index (χ0n) is 14.6. The molecule has 1 aliphatic heterocycles. The molecule has 0 spiro atoms. The Morgan fingerprint density at radius 2 is 2.16 bits per heavy atom. The predicted octanol–water partition coefficient (Wildman–Crippen LogP) is 2.09. The zero-order chi connectivity index (χ0) is 18.7. The van der Waals surface area contributed by atoms with E-state index in [1.807, 2.05) is 13.8 Å². The monoisotopic (exact) mass is 370 g/mol. The first-order chi connectivity index (χ1) is 11.6. The number of primary sulfonamides is 1. The number of anilines is 1. The molecule has 0 radical (unpaired) electrons. The summed E-state index contributed by atoms with van der Waals surface area (Å²) in [6.45, 7) is 5.27. The van der Waals surface area contributed by atoms with Gasteiger partial charge in [-0.15, -0.1) is 0 Å². The van der Waals surface area contributed by atoms with Crippen molar-refractivity contribution in [3.63, 3.8) is 0 Å². The number of hydrogen-bond donors (Lipinski definition) is 3.